The second-order valence-electron chi connectivity index (χ2n) is 7.83. The van der Waals surface area contributed by atoms with Crippen LogP contribution in [0.25, 0.3) is 0 Å². The maximum Gasteiger partial charge on any atom is 0.227 e. The summed E-state index contributed by atoms with van der Waals surface area (Å²) in [6.45, 7) is 4.13. The normalized spacial score (nSPS) is 23.1. The number of anilines is 1. The van der Waals surface area contributed by atoms with Crippen LogP contribution in [0.4, 0.5) is 10.1 Å². The van der Waals surface area contributed by atoms with Crippen molar-refractivity contribution in [3.63, 3.8) is 0 Å². The topological polar surface area (TPSA) is 64.7 Å². The quantitative estimate of drug-likeness (QED) is 0.742. The van der Waals surface area contributed by atoms with Crippen molar-refractivity contribution >= 4 is 17.4 Å². The molecule has 30 heavy (non-hydrogen) atoms. The van der Waals surface area contributed by atoms with E-state index >= 15 is 0 Å². The minimum atomic E-state index is -0.372. The summed E-state index contributed by atoms with van der Waals surface area (Å²) in [5, 5.41) is 10.6. The summed E-state index contributed by atoms with van der Waals surface area (Å²) in [6, 6.07) is 14.7. The van der Waals surface area contributed by atoms with Crippen LogP contribution in [0.2, 0.25) is 0 Å². The smallest absolute Gasteiger partial charge is 0.227 e. The van der Waals surface area contributed by atoms with E-state index in [9.17, 15) is 14.0 Å². The number of carbonyl (C=O) groups excluding carboxylic acids is 2. The summed E-state index contributed by atoms with van der Waals surface area (Å²) in [4.78, 5) is 26.2. The Labute approximate surface area is 176 Å². The van der Waals surface area contributed by atoms with Gasteiger partial charge >= 0.3 is 0 Å². The largest absolute Gasteiger partial charge is 0.326 e. The number of hydrogen-bond donors (Lipinski definition) is 2. The van der Waals surface area contributed by atoms with Crippen LogP contribution in [-0.4, -0.2) is 60.5 Å². The van der Waals surface area contributed by atoms with Gasteiger partial charge in [-0.25, -0.2) is 14.4 Å². The van der Waals surface area contributed by atoms with Gasteiger partial charge in [-0.3, -0.25) is 9.59 Å². The standard InChI is InChI=1S/C23H27FN4O2/c24-19-6-8-20(9-7-19)26-23(30)18-10-13-28(27-14-11-25-12-15-27)21(16-18)22(29)17-4-2-1-3-5-17/h1-9,18,21,25H,10-16H2,(H,26,30). The number of halogens is 1. The fourth-order valence-electron chi connectivity index (χ4n) is 4.25. The first-order chi connectivity index (χ1) is 14.6. The highest BCUT2D eigenvalue weighted by atomic mass is 19.1. The Morgan fingerprint density at radius 2 is 1.67 bits per heavy atom. The van der Waals surface area contributed by atoms with Crippen molar-refractivity contribution in [2.24, 2.45) is 5.92 Å². The van der Waals surface area contributed by atoms with E-state index in [1.54, 1.807) is 12.1 Å². The first-order valence-corrected chi connectivity index (χ1v) is 10.5. The van der Waals surface area contributed by atoms with Crippen LogP contribution in [0.5, 0.6) is 0 Å². The summed E-state index contributed by atoms with van der Waals surface area (Å²) < 4.78 is 13.1. The number of benzene rings is 2. The Morgan fingerprint density at radius 1 is 0.967 bits per heavy atom. The number of carbonyl (C=O) groups is 2. The zero-order chi connectivity index (χ0) is 20.9. The van der Waals surface area contributed by atoms with E-state index in [0.29, 0.717) is 30.6 Å². The van der Waals surface area contributed by atoms with Crippen molar-refractivity contribution in [2.75, 3.05) is 38.0 Å². The molecular weight excluding hydrogens is 383 g/mol. The predicted molar refractivity (Wildman–Crippen MR) is 113 cm³/mol. The van der Waals surface area contributed by atoms with Gasteiger partial charge in [-0.15, -0.1) is 0 Å². The number of Topliss-reactive ketones (excluding diaryl/α,β-unsaturated/α-hetero) is 1. The van der Waals surface area contributed by atoms with Crippen LogP contribution < -0.4 is 10.6 Å². The third kappa shape index (κ3) is 4.75. The third-order valence-electron chi connectivity index (χ3n) is 5.87. The highest BCUT2D eigenvalue weighted by Crippen LogP contribution is 2.28. The molecule has 7 heteroatoms. The van der Waals surface area contributed by atoms with Crippen LogP contribution in [0.3, 0.4) is 0 Å². The highest BCUT2D eigenvalue weighted by molar-refractivity contribution is 6.01. The Balaban J connectivity index is 1.51. The summed E-state index contributed by atoms with van der Waals surface area (Å²) in [5.41, 5.74) is 1.24. The minimum Gasteiger partial charge on any atom is -0.326 e. The molecule has 0 radical (unpaired) electrons. The lowest BCUT2D eigenvalue weighted by Gasteiger charge is -2.45. The third-order valence-corrected chi connectivity index (χ3v) is 5.87. The van der Waals surface area contributed by atoms with Gasteiger partial charge in [0.15, 0.2) is 5.78 Å². The van der Waals surface area contributed by atoms with Crippen molar-refractivity contribution in [3.8, 4) is 0 Å². The number of hydrazine groups is 1. The van der Waals surface area contributed by atoms with E-state index in [-0.39, 0.29) is 29.5 Å². The molecule has 4 rings (SSSR count). The van der Waals surface area contributed by atoms with E-state index in [4.69, 9.17) is 0 Å². The molecule has 2 N–H and O–H groups in total. The lowest BCUT2D eigenvalue weighted by molar-refractivity contribution is -0.126. The van der Waals surface area contributed by atoms with Crippen molar-refractivity contribution < 1.29 is 14.0 Å². The number of nitrogens with one attached hydrogen (secondary N) is 2. The molecule has 2 fully saturated rings. The second-order valence-corrected chi connectivity index (χ2v) is 7.83. The summed E-state index contributed by atoms with van der Waals surface area (Å²) in [7, 11) is 0. The lowest BCUT2D eigenvalue weighted by Crippen LogP contribution is -2.60. The van der Waals surface area contributed by atoms with Crippen LogP contribution in [0, 0.1) is 11.7 Å². The van der Waals surface area contributed by atoms with Crippen molar-refractivity contribution in [1.29, 1.82) is 0 Å². The molecule has 2 aliphatic heterocycles. The van der Waals surface area contributed by atoms with Crippen molar-refractivity contribution in [3.05, 3.63) is 66.0 Å². The molecule has 0 saturated carbocycles. The second kappa shape index (κ2) is 9.47. The number of hydrogen-bond acceptors (Lipinski definition) is 5. The van der Waals surface area contributed by atoms with Gasteiger partial charge in [0, 0.05) is 49.9 Å². The van der Waals surface area contributed by atoms with Crippen LogP contribution in [0.1, 0.15) is 23.2 Å². The van der Waals surface area contributed by atoms with E-state index in [1.807, 2.05) is 30.3 Å². The lowest BCUT2D eigenvalue weighted by atomic mass is 9.87. The molecular formula is C23H27FN4O2. The zero-order valence-electron chi connectivity index (χ0n) is 16.9. The molecule has 158 valence electrons. The number of amides is 1. The Morgan fingerprint density at radius 3 is 2.37 bits per heavy atom. The fraction of sp³-hybridized carbons (Fsp3) is 0.391. The first kappa shape index (κ1) is 20.7. The fourth-order valence-corrected chi connectivity index (χ4v) is 4.25. The molecule has 2 saturated heterocycles. The van der Waals surface area contributed by atoms with E-state index in [0.717, 1.165) is 26.2 Å². The first-order valence-electron chi connectivity index (χ1n) is 10.5. The molecule has 2 aliphatic rings. The van der Waals surface area contributed by atoms with Gasteiger partial charge in [0.2, 0.25) is 5.91 Å². The maximum absolute atomic E-state index is 13.4. The van der Waals surface area contributed by atoms with Gasteiger partial charge < -0.3 is 10.6 Å². The van der Waals surface area contributed by atoms with Gasteiger partial charge in [-0.05, 0) is 37.1 Å². The van der Waals surface area contributed by atoms with E-state index in [2.05, 4.69) is 20.7 Å². The minimum absolute atomic E-state index is 0.0495. The Hall–Kier alpha value is -2.61. The SMILES string of the molecule is O=C(Nc1ccc(F)cc1)C1CCN(N2CCNCC2)C(C(=O)c2ccccc2)C1. The van der Waals surface area contributed by atoms with Gasteiger partial charge in [0.25, 0.3) is 0 Å². The maximum atomic E-state index is 13.4. The molecule has 2 unspecified atom stereocenters. The number of rotatable bonds is 5. The van der Waals surface area contributed by atoms with Crippen LogP contribution >= 0.6 is 0 Å². The number of nitrogens with zero attached hydrogens (tertiary/aromatic N) is 2. The summed E-state index contributed by atoms with van der Waals surface area (Å²) in [6.07, 6.45) is 1.14. The molecule has 1 amide bonds. The summed E-state index contributed by atoms with van der Waals surface area (Å²) >= 11 is 0. The molecule has 0 spiro atoms. The van der Waals surface area contributed by atoms with E-state index in [1.165, 1.54) is 12.1 Å². The molecule has 0 bridgehead atoms. The molecule has 0 aromatic heterocycles. The average Bonchev–Trinajstić information content (AvgIpc) is 2.81. The molecule has 2 atom stereocenters. The molecule has 6 nitrogen and oxygen atoms in total. The van der Waals surface area contributed by atoms with Crippen molar-refractivity contribution in [1.82, 2.24) is 15.3 Å². The monoisotopic (exact) mass is 410 g/mol. The van der Waals surface area contributed by atoms with Crippen molar-refractivity contribution in [2.45, 2.75) is 18.9 Å². The Kier molecular flexibility index (Phi) is 6.52. The van der Waals surface area contributed by atoms with Gasteiger partial charge in [0.1, 0.15) is 5.82 Å². The average molecular weight is 410 g/mol. The molecule has 2 heterocycles. The van der Waals surface area contributed by atoms with Crippen LogP contribution in [0.15, 0.2) is 54.6 Å². The van der Waals surface area contributed by atoms with Gasteiger partial charge in [0.05, 0.1) is 6.04 Å². The number of ketones is 1. The Bertz CT molecular complexity index is 869. The highest BCUT2D eigenvalue weighted by Gasteiger charge is 2.39. The van der Waals surface area contributed by atoms with E-state index < -0.39 is 0 Å². The zero-order valence-corrected chi connectivity index (χ0v) is 16.9. The molecule has 2 aromatic carbocycles. The van der Waals surface area contributed by atoms with Crippen LogP contribution in [-0.2, 0) is 4.79 Å². The number of piperazine rings is 1. The van der Waals surface area contributed by atoms with Gasteiger partial charge in [-0.2, -0.15) is 0 Å². The summed E-state index contributed by atoms with van der Waals surface area (Å²) in [5.74, 6) is -0.682. The molecule has 0 aliphatic carbocycles. The van der Waals surface area contributed by atoms with Gasteiger partial charge in [-0.1, -0.05) is 30.3 Å². The predicted octanol–water partition coefficient (Wildman–Crippen LogP) is 2.55. The number of piperidine rings is 1. The molecule has 2 aromatic rings.